The summed E-state index contributed by atoms with van der Waals surface area (Å²) in [6, 6.07) is 0. The Morgan fingerprint density at radius 1 is 0.426 bits per heavy atom. The van der Waals surface area contributed by atoms with Gasteiger partial charge in [-0.25, -0.2) is 4.57 Å². The first kappa shape index (κ1) is 60.5. The molecule has 0 heterocycles. The van der Waals surface area contributed by atoms with Crippen molar-refractivity contribution in [2.45, 2.75) is 296 Å². The highest BCUT2D eigenvalue weighted by Crippen LogP contribution is 2.43. The lowest BCUT2D eigenvalue weighted by Crippen LogP contribution is -2.28. The molecule has 2 atom stereocenters. The Bertz CT molecular complexity index is 909. The summed E-state index contributed by atoms with van der Waals surface area (Å²) in [5, 5.41) is 0. The van der Waals surface area contributed by atoms with E-state index in [2.05, 4.69) is 13.8 Å². The van der Waals surface area contributed by atoms with Gasteiger partial charge in [0.2, 0.25) is 0 Å². The summed E-state index contributed by atoms with van der Waals surface area (Å²) in [5.74, 6) is -0.321. The maximum Gasteiger partial charge on any atom is 0.472 e. The predicted octanol–water partition coefficient (Wildman–Crippen LogP) is 16.8. The van der Waals surface area contributed by atoms with Gasteiger partial charge in [-0.1, -0.05) is 271 Å². The van der Waals surface area contributed by atoms with E-state index in [0.29, 0.717) is 13.0 Å². The van der Waals surface area contributed by atoms with Crippen LogP contribution in [0.5, 0.6) is 0 Å². The van der Waals surface area contributed by atoms with Gasteiger partial charge in [-0.15, -0.1) is 0 Å². The lowest BCUT2D eigenvalue weighted by molar-refractivity contribution is -0.154. The molecule has 0 radical (unpaired) electrons. The van der Waals surface area contributed by atoms with E-state index < -0.39 is 13.9 Å². The Labute approximate surface area is 380 Å². The van der Waals surface area contributed by atoms with E-state index in [-0.39, 0.29) is 32.3 Å². The lowest BCUT2D eigenvalue weighted by Gasteiger charge is -2.20. The van der Waals surface area contributed by atoms with Crippen molar-refractivity contribution in [1.29, 1.82) is 0 Å². The summed E-state index contributed by atoms with van der Waals surface area (Å²) in [6.45, 7) is 5.01. The fourth-order valence-corrected chi connectivity index (χ4v) is 9.06. The molecule has 0 aromatic rings. The van der Waals surface area contributed by atoms with Gasteiger partial charge in [0, 0.05) is 19.6 Å². The van der Waals surface area contributed by atoms with Crippen LogP contribution >= 0.6 is 7.82 Å². The Hall–Kier alpha value is -0.500. The van der Waals surface area contributed by atoms with Gasteiger partial charge in [0.15, 0.2) is 0 Å². The zero-order valence-corrected chi connectivity index (χ0v) is 41.8. The van der Waals surface area contributed by atoms with Gasteiger partial charge in [-0.2, -0.15) is 0 Å². The third-order valence-electron chi connectivity index (χ3n) is 12.3. The summed E-state index contributed by atoms with van der Waals surface area (Å²) in [4.78, 5) is 22.6. The average molecular weight is 888 g/mol. The number of phosphoric ester groups is 1. The molecule has 0 aliphatic heterocycles. The number of phosphoric acid groups is 1. The van der Waals surface area contributed by atoms with Gasteiger partial charge in [-0.3, -0.25) is 13.8 Å². The summed E-state index contributed by atoms with van der Waals surface area (Å²) < 4.78 is 33.6. The first-order valence-electron chi connectivity index (χ1n) is 27.0. The third-order valence-corrected chi connectivity index (χ3v) is 13.3. The molecule has 0 aromatic heterocycles. The molecule has 366 valence electrons. The SMILES string of the molecule is CCCCCCCCCCCCCCCCCCCCCCCCCCCCOCC(COP(=O)(O)OCCN)OC(=O)CCCCCCCCCCCCCCCCCC. The molecular formula is C52H106NO7P. The molecule has 3 N–H and O–H groups in total. The number of hydrogen-bond donors (Lipinski definition) is 2. The Balaban J connectivity index is 3.80. The molecule has 0 saturated heterocycles. The smallest absolute Gasteiger partial charge is 0.457 e. The number of rotatable bonds is 53. The Kier molecular flexibility index (Phi) is 50.1. The number of ether oxygens (including phenoxy) is 2. The Morgan fingerprint density at radius 2 is 0.721 bits per heavy atom. The zero-order valence-electron chi connectivity index (χ0n) is 40.9. The van der Waals surface area contributed by atoms with Crippen LogP contribution in [0.15, 0.2) is 0 Å². The van der Waals surface area contributed by atoms with Gasteiger partial charge >= 0.3 is 13.8 Å². The summed E-state index contributed by atoms with van der Waals surface area (Å²) in [7, 11) is -4.27. The minimum Gasteiger partial charge on any atom is -0.457 e. The molecule has 0 aliphatic rings. The molecule has 2 unspecified atom stereocenters. The monoisotopic (exact) mass is 888 g/mol. The van der Waals surface area contributed by atoms with Crippen LogP contribution in [0.1, 0.15) is 290 Å². The van der Waals surface area contributed by atoms with E-state index in [4.69, 9.17) is 24.3 Å². The molecule has 0 saturated carbocycles. The second kappa shape index (κ2) is 50.5. The molecule has 9 heteroatoms. The molecule has 0 rings (SSSR count). The molecule has 8 nitrogen and oxygen atoms in total. The number of carbonyl (C=O) groups excluding carboxylic acids is 1. The first-order valence-corrected chi connectivity index (χ1v) is 28.5. The summed E-state index contributed by atoms with van der Waals surface area (Å²) >= 11 is 0. The summed E-state index contributed by atoms with van der Waals surface area (Å²) in [6.07, 6.45) is 55.8. The molecule has 61 heavy (non-hydrogen) atoms. The quantitative estimate of drug-likeness (QED) is 0.0352. The van der Waals surface area contributed by atoms with E-state index in [1.54, 1.807) is 0 Å². The number of unbranched alkanes of at least 4 members (excludes halogenated alkanes) is 40. The molecule has 0 aromatic carbocycles. The van der Waals surface area contributed by atoms with Crippen LogP contribution in [0.25, 0.3) is 0 Å². The lowest BCUT2D eigenvalue weighted by atomic mass is 10.0. The van der Waals surface area contributed by atoms with Gasteiger partial charge < -0.3 is 20.1 Å². The highest BCUT2D eigenvalue weighted by Gasteiger charge is 2.25. The van der Waals surface area contributed by atoms with Crippen molar-refractivity contribution in [2.24, 2.45) is 5.73 Å². The van der Waals surface area contributed by atoms with Gasteiger partial charge in [0.1, 0.15) is 6.10 Å². The molecule has 0 fully saturated rings. The van der Waals surface area contributed by atoms with E-state index in [0.717, 1.165) is 32.1 Å². The maximum atomic E-state index is 12.6. The van der Waals surface area contributed by atoms with Gasteiger partial charge in [0.05, 0.1) is 19.8 Å². The number of hydrogen-bond acceptors (Lipinski definition) is 7. The van der Waals surface area contributed by atoms with Crippen LogP contribution in [0.2, 0.25) is 0 Å². The molecular weight excluding hydrogens is 782 g/mol. The number of nitrogens with two attached hydrogens (primary N) is 1. The number of esters is 1. The maximum absolute atomic E-state index is 12.6. The van der Waals surface area contributed by atoms with Crippen molar-refractivity contribution in [2.75, 3.05) is 33.0 Å². The van der Waals surface area contributed by atoms with Crippen molar-refractivity contribution in [1.82, 2.24) is 0 Å². The van der Waals surface area contributed by atoms with Crippen LogP contribution < -0.4 is 5.73 Å². The van der Waals surface area contributed by atoms with Gasteiger partial charge in [-0.05, 0) is 12.8 Å². The van der Waals surface area contributed by atoms with Crippen molar-refractivity contribution < 1.29 is 32.8 Å². The third kappa shape index (κ3) is 50.4. The predicted molar refractivity (Wildman–Crippen MR) is 261 cm³/mol. The highest BCUT2D eigenvalue weighted by atomic mass is 31.2. The standard InChI is InChI=1S/C52H106NO7P/c1-3-5-7-9-11-13-15-17-19-21-22-23-24-25-26-27-28-29-30-32-34-36-38-40-42-44-47-57-49-51(50-59-61(55,56)58-48-46-53)60-52(54)45-43-41-39-37-35-33-31-20-18-16-14-12-10-8-6-4-2/h51H,3-50,53H2,1-2H3,(H,55,56). The van der Waals surface area contributed by atoms with E-state index in [1.807, 2.05) is 0 Å². The zero-order chi connectivity index (χ0) is 44.4. The van der Waals surface area contributed by atoms with Crippen LogP contribution in [0, 0.1) is 0 Å². The van der Waals surface area contributed by atoms with Crippen molar-refractivity contribution in [3.63, 3.8) is 0 Å². The van der Waals surface area contributed by atoms with Crippen molar-refractivity contribution >= 4 is 13.8 Å². The largest absolute Gasteiger partial charge is 0.472 e. The number of carbonyl (C=O) groups is 1. The minimum atomic E-state index is -4.27. The minimum absolute atomic E-state index is 0.0897. The van der Waals surface area contributed by atoms with E-state index in [1.165, 1.54) is 238 Å². The molecule has 0 aliphatic carbocycles. The molecule has 0 bridgehead atoms. The summed E-state index contributed by atoms with van der Waals surface area (Å²) in [5.41, 5.74) is 5.39. The second-order valence-electron chi connectivity index (χ2n) is 18.5. The van der Waals surface area contributed by atoms with Crippen LogP contribution in [-0.4, -0.2) is 49.9 Å². The fourth-order valence-electron chi connectivity index (χ4n) is 8.30. The first-order chi connectivity index (χ1) is 29.9. The van der Waals surface area contributed by atoms with Crippen molar-refractivity contribution in [3.8, 4) is 0 Å². The van der Waals surface area contributed by atoms with Crippen LogP contribution in [0.4, 0.5) is 0 Å². The van der Waals surface area contributed by atoms with Crippen LogP contribution in [-0.2, 0) is 27.9 Å². The normalized spacial score (nSPS) is 13.2. The van der Waals surface area contributed by atoms with Crippen LogP contribution in [0.3, 0.4) is 0 Å². The topological polar surface area (TPSA) is 117 Å². The Morgan fingerprint density at radius 3 is 1.03 bits per heavy atom. The molecule has 0 amide bonds. The molecule has 0 spiro atoms. The fraction of sp³-hybridized carbons (Fsp3) is 0.981. The second-order valence-corrected chi connectivity index (χ2v) is 19.9. The van der Waals surface area contributed by atoms with E-state index >= 15 is 0 Å². The highest BCUT2D eigenvalue weighted by molar-refractivity contribution is 7.47. The van der Waals surface area contributed by atoms with Gasteiger partial charge in [0.25, 0.3) is 0 Å². The van der Waals surface area contributed by atoms with Crippen molar-refractivity contribution in [3.05, 3.63) is 0 Å². The average Bonchev–Trinajstić information content (AvgIpc) is 3.25. The van der Waals surface area contributed by atoms with E-state index in [9.17, 15) is 14.3 Å².